The van der Waals surface area contributed by atoms with Crippen molar-refractivity contribution in [2.45, 2.75) is 64.5 Å². The van der Waals surface area contributed by atoms with Gasteiger partial charge in [-0.1, -0.05) is 6.92 Å². The number of aliphatic hydroxyl groups excluding tert-OH is 1. The van der Waals surface area contributed by atoms with Gasteiger partial charge in [-0.05, 0) is 77.4 Å². The summed E-state index contributed by atoms with van der Waals surface area (Å²) < 4.78 is 0. The van der Waals surface area contributed by atoms with E-state index < -0.39 is 0 Å². The van der Waals surface area contributed by atoms with Gasteiger partial charge >= 0.3 is 0 Å². The molecule has 1 saturated heterocycles. The predicted octanol–water partition coefficient (Wildman–Crippen LogP) is 1.71. The highest BCUT2D eigenvalue weighted by Gasteiger charge is 2.23. The minimum absolute atomic E-state index is 0.184. The summed E-state index contributed by atoms with van der Waals surface area (Å²) in [5.74, 6) is 1.67. The first-order chi connectivity index (χ1) is 11.4. The van der Waals surface area contributed by atoms with Crippen LogP contribution in [0.3, 0.4) is 0 Å². The second-order valence-electron chi connectivity index (χ2n) is 8.31. The van der Waals surface area contributed by atoms with Crippen LogP contribution in [0.15, 0.2) is 0 Å². The van der Waals surface area contributed by atoms with E-state index in [0.717, 1.165) is 44.9 Å². The Morgan fingerprint density at radius 3 is 2.42 bits per heavy atom. The van der Waals surface area contributed by atoms with E-state index >= 15 is 0 Å². The van der Waals surface area contributed by atoms with Crippen LogP contribution in [0.4, 0.5) is 0 Å². The van der Waals surface area contributed by atoms with Gasteiger partial charge in [0.25, 0.3) is 0 Å². The number of amides is 1. The monoisotopic (exact) mass is 339 g/mol. The Morgan fingerprint density at radius 1 is 1.21 bits per heavy atom. The van der Waals surface area contributed by atoms with Crippen LogP contribution in [-0.2, 0) is 4.79 Å². The first-order valence-corrected chi connectivity index (χ1v) is 9.80. The largest absolute Gasteiger partial charge is 0.392 e. The average Bonchev–Trinajstić information content (AvgIpc) is 2.51. The average molecular weight is 340 g/mol. The summed E-state index contributed by atoms with van der Waals surface area (Å²) in [4.78, 5) is 16.8. The van der Waals surface area contributed by atoms with Gasteiger partial charge in [0.05, 0.1) is 12.6 Å². The van der Waals surface area contributed by atoms with Gasteiger partial charge in [-0.3, -0.25) is 9.69 Å². The number of nitrogens with one attached hydrogen (secondary N) is 1. The van der Waals surface area contributed by atoms with Crippen molar-refractivity contribution >= 4 is 5.91 Å². The van der Waals surface area contributed by atoms with Gasteiger partial charge in [0, 0.05) is 19.1 Å². The molecule has 1 aliphatic heterocycles. The van der Waals surface area contributed by atoms with Crippen molar-refractivity contribution in [2.24, 2.45) is 11.8 Å². The third kappa shape index (κ3) is 7.08. The first-order valence-electron chi connectivity index (χ1n) is 9.80. The van der Waals surface area contributed by atoms with E-state index in [1.165, 1.54) is 25.7 Å². The minimum atomic E-state index is -0.240. The number of rotatable bonds is 7. The lowest BCUT2D eigenvalue weighted by atomic mass is 9.87. The molecule has 2 rings (SSSR count). The quantitative estimate of drug-likeness (QED) is 0.741. The lowest BCUT2D eigenvalue weighted by Crippen LogP contribution is -2.45. The van der Waals surface area contributed by atoms with E-state index in [1.807, 2.05) is 6.92 Å². The Hall–Kier alpha value is -0.650. The number of carbonyl (C=O) groups excluding carboxylic acids is 1. The highest BCUT2D eigenvalue weighted by atomic mass is 16.3. The van der Waals surface area contributed by atoms with Crippen molar-refractivity contribution in [1.82, 2.24) is 15.1 Å². The number of hydrogen-bond donors (Lipinski definition) is 2. The van der Waals surface area contributed by atoms with E-state index in [1.54, 1.807) is 0 Å². The van der Waals surface area contributed by atoms with Gasteiger partial charge in [0.15, 0.2) is 0 Å². The van der Waals surface area contributed by atoms with Crippen molar-refractivity contribution in [3.63, 3.8) is 0 Å². The SMILES string of the molecule is CC1CCC(NC(=O)CN(C)CC2CCN(C[C@@H](C)O)CC2)CC1. The Balaban J connectivity index is 1.61. The van der Waals surface area contributed by atoms with Crippen LogP contribution >= 0.6 is 0 Å². The second-order valence-corrected chi connectivity index (χ2v) is 8.31. The molecule has 5 nitrogen and oxygen atoms in total. The lowest BCUT2D eigenvalue weighted by Gasteiger charge is -2.34. The molecule has 1 heterocycles. The fourth-order valence-corrected chi connectivity index (χ4v) is 4.15. The molecular formula is C19H37N3O2. The van der Waals surface area contributed by atoms with Crippen molar-refractivity contribution in [3.05, 3.63) is 0 Å². The molecule has 0 radical (unpaired) electrons. The fourth-order valence-electron chi connectivity index (χ4n) is 4.15. The molecule has 0 bridgehead atoms. The van der Waals surface area contributed by atoms with E-state index in [-0.39, 0.29) is 12.0 Å². The Kier molecular flexibility index (Phi) is 7.98. The van der Waals surface area contributed by atoms with Gasteiger partial charge < -0.3 is 15.3 Å². The third-order valence-electron chi connectivity index (χ3n) is 5.59. The molecule has 0 unspecified atom stereocenters. The summed E-state index contributed by atoms with van der Waals surface area (Å²) >= 11 is 0. The smallest absolute Gasteiger partial charge is 0.234 e. The molecule has 1 amide bonds. The zero-order valence-corrected chi connectivity index (χ0v) is 15.8. The second kappa shape index (κ2) is 9.73. The van der Waals surface area contributed by atoms with Crippen LogP contribution in [0.5, 0.6) is 0 Å². The molecule has 140 valence electrons. The Morgan fingerprint density at radius 2 is 1.83 bits per heavy atom. The third-order valence-corrected chi connectivity index (χ3v) is 5.59. The van der Waals surface area contributed by atoms with Crippen LogP contribution < -0.4 is 5.32 Å². The van der Waals surface area contributed by atoms with Crippen molar-refractivity contribution in [3.8, 4) is 0 Å². The number of carbonyl (C=O) groups is 1. The fraction of sp³-hybridized carbons (Fsp3) is 0.947. The molecule has 1 atom stereocenters. The number of β-amino-alcohol motifs (C(OH)–C–C–N with tert-alkyl or cyclic N) is 1. The van der Waals surface area contributed by atoms with Gasteiger partial charge in [-0.25, -0.2) is 0 Å². The number of likely N-dealkylation sites (N-methyl/N-ethyl adjacent to an activating group) is 1. The molecule has 0 aromatic heterocycles. The molecule has 24 heavy (non-hydrogen) atoms. The molecule has 2 aliphatic rings. The lowest BCUT2D eigenvalue weighted by molar-refractivity contribution is -0.123. The summed E-state index contributed by atoms with van der Waals surface area (Å²) in [7, 11) is 2.06. The zero-order valence-electron chi connectivity index (χ0n) is 15.8. The van der Waals surface area contributed by atoms with Crippen LogP contribution in [-0.4, -0.2) is 72.7 Å². The van der Waals surface area contributed by atoms with Crippen molar-refractivity contribution < 1.29 is 9.90 Å². The first kappa shape index (κ1) is 19.7. The molecule has 0 spiro atoms. The normalized spacial score (nSPS) is 28.0. The van der Waals surface area contributed by atoms with Gasteiger partial charge in [-0.2, -0.15) is 0 Å². The minimum Gasteiger partial charge on any atom is -0.392 e. The summed E-state index contributed by atoms with van der Waals surface area (Å²) in [6.45, 7) is 8.58. The summed E-state index contributed by atoms with van der Waals surface area (Å²) in [5.41, 5.74) is 0. The van der Waals surface area contributed by atoms with Crippen LogP contribution in [0.2, 0.25) is 0 Å². The number of piperidine rings is 1. The zero-order chi connectivity index (χ0) is 17.5. The van der Waals surface area contributed by atoms with Crippen LogP contribution in [0.1, 0.15) is 52.4 Å². The summed E-state index contributed by atoms with van der Waals surface area (Å²) in [5, 5.41) is 12.7. The highest BCUT2D eigenvalue weighted by Crippen LogP contribution is 2.23. The molecule has 5 heteroatoms. The Labute approximate surface area is 147 Å². The molecule has 0 aromatic rings. The van der Waals surface area contributed by atoms with Gasteiger partial charge in [-0.15, -0.1) is 0 Å². The van der Waals surface area contributed by atoms with E-state index in [4.69, 9.17) is 0 Å². The highest BCUT2D eigenvalue weighted by molar-refractivity contribution is 5.78. The molecule has 1 aliphatic carbocycles. The van der Waals surface area contributed by atoms with Crippen molar-refractivity contribution in [2.75, 3.05) is 39.8 Å². The predicted molar refractivity (Wildman–Crippen MR) is 97.9 cm³/mol. The molecular weight excluding hydrogens is 302 g/mol. The van der Waals surface area contributed by atoms with Crippen molar-refractivity contribution in [1.29, 1.82) is 0 Å². The van der Waals surface area contributed by atoms with Gasteiger partial charge in [0.1, 0.15) is 0 Å². The number of likely N-dealkylation sites (tertiary alicyclic amines) is 1. The topological polar surface area (TPSA) is 55.8 Å². The van der Waals surface area contributed by atoms with E-state index in [9.17, 15) is 9.90 Å². The number of nitrogens with zero attached hydrogens (tertiary/aromatic N) is 2. The van der Waals surface area contributed by atoms with Crippen LogP contribution in [0.25, 0.3) is 0 Å². The summed E-state index contributed by atoms with van der Waals surface area (Å²) in [6, 6.07) is 0.394. The summed E-state index contributed by atoms with van der Waals surface area (Å²) in [6.07, 6.45) is 6.85. The van der Waals surface area contributed by atoms with E-state index in [0.29, 0.717) is 18.5 Å². The molecule has 2 N–H and O–H groups in total. The van der Waals surface area contributed by atoms with Gasteiger partial charge in [0.2, 0.25) is 5.91 Å². The number of hydrogen-bond acceptors (Lipinski definition) is 4. The molecule has 2 fully saturated rings. The standard InChI is InChI=1S/C19H37N3O2/c1-15-4-6-18(7-5-15)20-19(24)14-21(3)13-17-8-10-22(11-9-17)12-16(2)23/h15-18,23H,4-14H2,1-3H3,(H,20,24)/t15?,16-,18?/m1/s1. The molecule has 1 saturated carbocycles. The number of aliphatic hydroxyl groups is 1. The molecule has 0 aromatic carbocycles. The Bertz CT molecular complexity index is 373. The maximum Gasteiger partial charge on any atom is 0.234 e. The van der Waals surface area contributed by atoms with Crippen LogP contribution in [0, 0.1) is 11.8 Å². The van der Waals surface area contributed by atoms with E-state index in [2.05, 4.69) is 29.1 Å². The maximum atomic E-state index is 12.2. The maximum absolute atomic E-state index is 12.2.